The molecule has 1 heterocycles. The first-order valence-corrected chi connectivity index (χ1v) is 8.04. The maximum absolute atomic E-state index is 12.1. The fraction of sp³-hybridized carbons (Fsp3) is 0.588. The van der Waals surface area contributed by atoms with E-state index >= 15 is 0 Å². The first-order chi connectivity index (χ1) is 10.7. The molecule has 1 aliphatic rings. The molecular weight excluding hydrogens is 278 g/mol. The van der Waals surface area contributed by atoms with Crippen molar-refractivity contribution in [3.8, 4) is 5.75 Å². The molecule has 5 heteroatoms. The van der Waals surface area contributed by atoms with Gasteiger partial charge >= 0.3 is 0 Å². The summed E-state index contributed by atoms with van der Waals surface area (Å²) < 4.78 is 5.29. The highest BCUT2D eigenvalue weighted by molar-refractivity contribution is 5.78. The van der Waals surface area contributed by atoms with E-state index < -0.39 is 0 Å². The highest BCUT2D eigenvalue weighted by Crippen LogP contribution is 2.19. The van der Waals surface area contributed by atoms with Gasteiger partial charge < -0.3 is 15.8 Å². The summed E-state index contributed by atoms with van der Waals surface area (Å²) in [5.74, 6) is 1.52. The predicted octanol–water partition coefficient (Wildman–Crippen LogP) is 1.37. The maximum Gasteiger partial charge on any atom is 0.234 e. The Balaban J connectivity index is 1.78. The third kappa shape index (κ3) is 5.00. The van der Waals surface area contributed by atoms with E-state index in [1.165, 1.54) is 6.42 Å². The number of nitrogens with one attached hydrogen (secondary N) is 1. The van der Waals surface area contributed by atoms with Gasteiger partial charge in [0.2, 0.25) is 5.91 Å². The number of nitrogens with zero attached hydrogens (tertiary/aromatic N) is 1. The molecule has 22 heavy (non-hydrogen) atoms. The molecule has 122 valence electrons. The van der Waals surface area contributed by atoms with Crippen LogP contribution in [0.3, 0.4) is 0 Å². The molecule has 1 aliphatic heterocycles. The summed E-state index contributed by atoms with van der Waals surface area (Å²) in [5, 5.41) is 2.98. The van der Waals surface area contributed by atoms with Gasteiger partial charge in [-0.05, 0) is 44.3 Å². The van der Waals surface area contributed by atoms with E-state index in [0.29, 0.717) is 19.0 Å². The molecule has 1 atom stereocenters. The Labute approximate surface area is 132 Å². The number of nitrogens with two attached hydrogens (primary N) is 1. The molecule has 5 nitrogen and oxygen atoms in total. The van der Waals surface area contributed by atoms with Crippen LogP contribution in [-0.4, -0.2) is 44.1 Å². The van der Waals surface area contributed by atoms with Crippen molar-refractivity contribution >= 4 is 5.91 Å². The second kappa shape index (κ2) is 8.76. The number of likely N-dealkylation sites (tertiary alicyclic amines) is 1. The number of benzene rings is 1. The predicted molar refractivity (Wildman–Crippen MR) is 87.7 cm³/mol. The second-order valence-electron chi connectivity index (χ2n) is 5.91. The molecule has 0 spiro atoms. The first-order valence-electron chi connectivity index (χ1n) is 8.04. The largest absolute Gasteiger partial charge is 0.496 e. The third-order valence-corrected chi connectivity index (χ3v) is 4.21. The lowest BCUT2D eigenvalue weighted by Crippen LogP contribution is -2.42. The topological polar surface area (TPSA) is 67.6 Å². The number of ether oxygens (including phenoxy) is 1. The number of piperidine rings is 1. The van der Waals surface area contributed by atoms with Crippen molar-refractivity contribution in [2.45, 2.75) is 25.8 Å². The Morgan fingerprint density at radius 3 is 3.05 bits per heavy atom. The molecule has 1 unspecified atom stereocenters. The van der Waals surface area contributed by atoms with Crippen LogP contribution >= 0.6 is 0 Å². The van der Waals surface area contributed by atoms with Gasteiger partial charge in [-0.1, -0.05) is 18.2 Å². The van der Waals surface area contributed by atoms with Crippen LogP contribution in [0.15, 0.2) is 24.3 Å². The van der Waals surface area contributed by atoms with Crippen LogP contribution in [0.25, 0.3) is 0 Å². The molecule has 0 saturated carbocycles. The smallest absolute Gasteiger partial charge is 0.234 e. The standard InChI is InChI=1S/C17H27N3O2/c1-22-16-7-3-2-6-15(16)11-19-17(21)13-20-10-4-5-14(12-20)8-9-18/h2-3,6-7,14H,4-5,8-13,18H2,1H3,(H,19,21). The van der Waals surface area contributed by atoms with Crippen LogP contribution in [0.5, 0.6) is 5.75 Å². The van der Waals surface area contributed by atoms with Crippen molar-refractivity contribution in [1.29, 1.82) is 0 Å². The SMILES string of the molecule is COc1ccccc1CNC(=O)CN1CCCC(CCN)C1. The summed E-state index contributed by atoms with van der Waals surface area (Å²) in [6.45, 7) is 3.69. The number of amides is 1. The summed E-state index contributed by atoms with van der Waals surface area (Å²) in [7, 11) is 1.64. The number of para-hydroxylation sites is 1. The zero-order chi connectivity index (χ0) is 15.8. The van der Waals surface area contributed by atoms with E-state index in [2.05, 4.69) is 10.2 Å². The fourth-order valence-corrected chi connectivity index (χ4v) is 3.07. The Kier molecular flexibility index (Phi) is 6.68. The first kappa shape index (κ1) is 16.8. The van der Waals surface area contributed by atoms with Crippen molar-refractivity contribution in [3.05, 3.63) is 29.8 Å². The van der Waals surface area contributed by atoms with Crippen LogP contribution in [0.1, 0.15) is 24.8 Å². The van der Waals surface area contributed by atoms with Crippen molar-refractivity contribution in [2.24, 2.45) is 11.7 Å². The molecule has 0 radical (unpaired) electrons. The lowest BCUT2D eigenvalue weighted by Gasteiger charge is -2.32. The number of methoxy groups -OCH3 is 1. The van der Waals surface area contributed by atoms with Gasteiger partial charge in [0.05, 0.1) is 13.7 Å². The van der Waals surface area contributed by atoms with Gasteiger partial charge in [0.1, 0.15) is 5.75 Å². The highest BCUT2D eigenvalue weighted by Gasteiger charge is 2.20. The molecule has 0 bridgehead atoms. The maximum atomic E-state index is 12.1. The van der Waals surface area contributed by atoms with Gasteiger partial charge in [-0.25, -0.2) is 0 Å². The lowest BCUT2D eigenvalue weighted by atomic mass is 9.95. The average Bonchev–Trinajstić information content (AvgIpc) is 2.54. The Morgan fingerprint density at radius 1 is 1.45 bits per heavy atom. The minimum Gasteiger partial charge on any atom is -0.496 e. The van der Waals surface area contributed by atoms with Gasteiger partial charge in [0.25, 0.3) is 0 Å². The van der Waals surface area contributed by atoms with Gasteiger partial charge in [0, 0.05) is 18.7 Å². The Bertz CT molecular complexity index is 477. The van der Waals surface area contributed by atoms with Crippen molar-refractivity contribution in [2.75, 3.05) is 33.3 Å². The normalized spacial score (nSPS) is 18.9. The molecule has 1 aromatic rings. The van der Waals surface area contributed by atoms with Crippen molar-refractivity contribution in [3.63, 3.8) is 0 Å². The molecule has 0 aromatic heterocycles. The Morgan fingerprint density at radius 2 is 2.27 bits per heavy atom. The van der Waals surface area contributed by atoms with E-state index in [1.807, 2.05) is 24.3 Å². The molecular formula is C17H27N3O2. The molecule has 0 aliphatic carbocycles. The number of hydrogen-bond donors (Lipinski definition) is 2. The van der Waals surface area contributed by atoms with Crippen molar-refractivity contribution in [1.82, 2.24) is 10.2 Å². The molecule has 1 fully saturated rings. The summed E-state index contributed by atoms with van der Waals surface area (Å²) in [5.41, 5.74) is 6.63. The van der Waals surface area contributed by atoms with E-state index in [9.17, 15) is 4.79 Å². The minimum absolute atomic E-state index is 0.0688. The zero-order valence-electron chi connectivity index (χ0n) is 13.4. The minimum atomic E-state index is 0.0688. The average molecular weight is 305 g/mol. The van der Waals surface area contributed by atoms with E-state index in [1.54, 1.807) is 7.11 Å². The van der Waals surface area contributed by atoms with E-state index in [0.717, 1.165) is 43.8 Å². The van der Waals surface area contributed by atoms with Crippen LogP contribution < -0.4 is 15.8 Å². The van der Waals surface area contributed by atoms with Crippen LogP contribution in [0.2, 0.25) is 0 Å². The highest BCUT2D eigenvalue weighted by atomic mass is 16.5. The zero-order valence-corrected chi connectivity index (χ0v) is 13.4. The van der Waals surface area contributed by atoms with E-state index in [-0.39, 0.29) is 5.91 Å². The fourth-order valence-electron chi connectivity index (χ4n) is 3.07. The molecule has 3 N–H and O–H groups in total. The van der Waals surface area contributed by atoms with Crippen LogP contribution in [0, 0.1) is 5.92 Å². The monoisotopic (exact) mass is 305 g/mol. The summed E-state index contributed by atoms with van der Waals surface area (Å²) in [6, 6.07) is 7.75. The van der Waals surface area contributed by atoms with Crippen LogP contribution in [0.4, 0.5) is 0 Å². The summed E-state index contributed by atoms with van der Waals surface area (Å²) in [4.78, 5) is 14.4. The van der Waals surface area contributed by atoms with Crippen LogP contribution in [-0.2, 0) is 11.3 Å². The summed E-state index contributed by atoms with van der Waals surface area (Å²) in [6.07, 6.45) is 3.44. The lowest BCUT2D eigenvalue weighted by molar-refractivity contribution is -0.122. The number of carbonyl (C=O) groups is 1. The molecule has 1 amide bonds. The molecule has 1 saturated heterocycles. The molecule has 2 rings (SSSR count). The van der Waals surface area contributed by atoms with Gasteiger partial charge in [-0.3, -0.25) is 9.69 Å². The number of hydrogen-bond acceptors (Lipinski definition) is 4. The van der Waals surface area contributed by atoms with Crippen molar-refractivity contribution < 1.29 is 9.53 Å². The summed E-state index contributed by atoms with van der Waals surface area (Å²) >= 11 is 0. The van der Waals surface area contributed by atoms with Gasteiger partial charge in [-0.15, -0.1) is 0 Å². The Hall–Kier alpha value is -1.59. The number of rotatable bonds is 7. The number of carbonyl (C=O) groups excluding carboxylic acids is 1. The van der Waals surface area contributed by atoms with Gasteiger partial charge in [-0.2, -0.15) is 0 Å². The second-order valence-corrected chi connectivity index (χ2v) is 5.91. The third-order valence-electron chi connectivity index (χ3n) is 4.21. The quantitative estimate of drug-likeness (QED) is 0.798. The van der Waals surface area contributed by atoms with E-state index in [4.69, 9.17) is 10.5 Å². The van der Waals surface area contributed by atoms with Gasteiger partial charge in [0.15, 0.2) is 0 Å². The molecule has 1 aromatic carbocycles.